The molecule has 8 aromatic carbocycles. The van der Waals surface area contributed by atoms with Crippen LogP contribution < -0.4 is 0 Å². The highest BCUT2D eigenvalue weighted by atomic mass is 16.3. The molecule has 0 saturated heterocycles. The van der Waals surface area contributed by atoms with Crippen LogP contribution in [-0.4, -0.2) is 24.9 Å². The Hall–Kier alpha value is -8.86. The van der Waals surface area contributed by atoms with Gasteiger partial charge in [0, 0.05) is 61.8 Å². The van der Waals surface area contributed by atoms with Crippen LogP contribution >= 0.6 is 0 Å². The molecule has 0 aliphatic heterocycles. The van der Waals surface area contributed by atoms with E-state index in [0.29, 0.717) is 23.2 Å². The summed E-state index contributed by atoms with van der Waals surface area (Å²) in [6.07, 6.45) is 3.70. The van der Waals surface area contributed by atoms with Gasteiger partial charge in [0.2, 0.25) is 0 Å². The predicted octanol–water partition coefficient (Wildman–Crippen LogP) is 14.6. The van der Waals surface area contributed by atoms with Crippen molar-refractivity contribution in [1.82, 2.24) is 24.9 Å². The van der Waals surface area contributed by atoms with Gasteiger partial charge in [0.05, 0.1) is 17.6 Å². The first-order valence-electron chi connectivity index (χ1n) is 20.7. The Morgan fingerprint density at radius 3 is 1.54 bits per heavy atom. The Balaban J connectivity index is 0.978. The summed E-state index contributed by atoms with van der Waals surface area (Å²) in [5, 5.41) is 6.37. The van der Waals surface area contributed by atoms with Gasteiger partial charge in [-0.25, -0.2) is 19.8 Å². The van der Waals surface area contributed by atoms with E-state index in [2.05, 4.69) is 89.8 Å². The van der Waals surface area contributed by atoms with E-state index in [-0.39, 0.29) is 0 Å². The lowest BCUT2D eigenvalue weighted by molar-refractivity contribution is 0.669. The van der Waals surface area contributed by atoms with Crippen LogP contribution in [0.1, 0.15) is 0 Å². The average molecular weight is 805 g/mol. The summed E-state index contributed by atoms with van der Waals surface area (Å²) >= 11 is 0. The van der Waals surface area contributed by atoms with Gasteiger partial charge in [-0.05, 0) is 93.7 Å². The van der Waals surface area contributed by atoms with Gasteiger partial charge in [-0.3, -0.25) is 9.97 Å². The first kappa shape index (κ1) is 36.0. The Bertz CT molecular complexity index is 3810. The summed E-state index contributed by atoms with van der Waals surface area (Å²) in [7, 11) is 0. The number of benzene rings is 8. The zero-order valence-electron chi connectivity index (χ0n) is 33.6. The fraction of sp³-hybridized carbons (Fsp3) is 0. The molecule has 0 fully saturated rings. The Kier molecular flexibility index (Phi) is 8.41. The molecular formula is C56H32N6O. The van der Waals surface area contributed by atoms with Gasteiger partial charge in [-0.2, -0.15) is 0 Å². The molecule has 4 heterocycles. The van der Waals surface area contributed by atoms with Crippen molar-refractivity contribution in [2.24, 2.45) is 0 Å². The third kappa shape index (κ3) is 6.25. The molecule has 0 aliphatic rings. The van der Waals surface area contributed by atoms with Crippen LogP contribution in [0.4, 0.5) is 5.69 Å². The van der Waals surface area contributed by atoms with Crippen molar-refractivity contribution < 1.29 is 4.42 Å². The second-order valence-corrected chi connectivity index (χ2v) is 15.5. The van der Waals surface area contributed by atoms with Crippen LogP contribution in [0.2, 0.25) is 0 Å². The first-order valence-corrected chi connectivity index (χ1v) is 20.7. The van der Waals surface area contributed by atoms with E-state index in [4.69, 9.17) is 35.9 Å². The molecule has 292 valence electrons. The fourth-order valence-electron chi connectivity index (χ4n) is 8.78. The number of hydrogen-bond acceptors (Lipinski definition) is 6. The van der Waals surface area contributed by atoms with Crippen molar-refractivity contribution in [3.05, 3.63) is 206 Å². The molecule has 0 saturated carbocycles. The van der Waals surface area contributed by atoms with Gasteiger partial charge < -0.3 is 4.42 Å². The second-order valence-electron chi connectivity index (χ2n) is 15.5. The van der Waals surface area contributed by atoms with Crippen molar-refractivity contribution in [1.29, 1.82) is 0 Å². The van der Waals surface area contributed by atoms with Crippen LogP contribution in [0, 0.1) is 6.57 Å². The number of fused-ring (bicyclic) bond motifs is 8. The number of furan rings is 1. The van der Waals surface area contributed by atoms with Gasteiger partial charge in [-0.15, -0.1) is 0 Å². The van der Waals surface area contributed by atoms with Crippen molar-refractivity contribution in [2.45, 2.75) is 0 Å². The minimum Gasteiger partial charge on any atom is -0.456 e. The van der Waals surface area contributed by atoms with Crippen molar-refractivity contribution in [3.8, 4) is 67.5 Å². The smallest absolute Gasteiger partial charge is 0.187 e. The quantitative estimate of drug-likeness (QED) is 0.123. The maximum Gasteiger partial charge on any atom is 0.187 e. The molecule has 7 heteroatoms. The average Bonchev–Trinajstić information content (AvgIpc) is 3.74. The molecule has 0 aliphatic carbocycles. The molecular weight excluding hydrogens is 773 g/mol. The topological polar surface area (TPSA) is 82.0 Å². The normalized spacial score (nSPS) is 11.5. The lowest BCUT2D eigenvalue weighted by Gasteiger charge is -2.15. The highest BCUT2D eigenvalue weighted by Gasteiger charge is 2.18. The molecule has 0 bridgehead atoms. The summed E-state index contributed by atoms with van der Waals surface area (Å²) in [6, 6.07) is 61.8. The van der Waals surface area contributed by atoms with Crippen molar-refractivity contribution in [3.63, 3.8) is 0 Å². The lowest BCUT2D eigenvalue weighted by Crippen LogP contribution is -2.00. The van der Waals surface area contributed by atoms with E-state index >= 15 is 0 Å². The maximum atomic E-state index is 7.44. The molecule has 7 nitrogen and oxygen atoms in total. The molecule has 0 spiro atoms. The first-order chi connectivity index (χ1) is 31.1. The number of pyridine rings is 2. The maximum absolute atomic E-state index is 7.44. The van der Waals surface area contributed by atoms with Crippen LogP contribution in [0.25, 0.3) is 127 Å². The van der Waals surface area contributed by atoms with Gasteiger partial charge in [0.1, 0.15) is 11.2 Å². The minimum absolute atomic E-state index is 0.584. The summed E-state index contributed by atoms with van der Waals surface area (Å²) < 4.78 is 6.14. The van der Waals surface area contributed by atoms with E-state index in [1.807, 2.05) is 109 Å². The molecule has 0 atom stereocenters. The molecule has 63 heavy (non-hydrogen) atoms. The standard InChI is InChI=1S/C56H32N6O/c1-57-41-24-21-34(22-25-41)45-32-47-44-19-10-28-59-53(44)46(33-48(47)43-18-9-27-58-52(43)45)38-15-7-13-36(29-38)37-14-8-16-39(30-37)55-60-54(35-11-3-2-4-12-35)61-56(62-55)40-23-26-51-49(31-40)42-17-5-6-20-50(42)63-51/h2-33H. The summed E-state index contributed by atoms with van der Waals surface area (Å²) in [4.78, 5) is 28.7. The molecule has 12 aromatic rings. The van der Waals surface area contributed by atoms with Crippen LogP contribution in [0.5, 0.6) is 0 Å². The lowest BCUT2D eigenvalue weighted by atomic mass is 9.90. The number of aromatic nitrogens is 5. The van der Waals surface area contributed by atoms with Gasteiger partial charge in [0.25, 0.3) is 0 Å². The number of hydrogen-bond donors (Lipinski definition) is 0. The monoisotopic (exact) mass is 804 g/mol. The molecule has 0 unspecified atom stereocenters. The van der Waals surface area contributed by atoms with Crippen LogP contribution in [0.15, 0.2) is 199 Å². The fourth-order valence-corrected chi connectivity index (χ4v) is 8.78. The number of nitrogens with zero attached hydrogens (tertiary/aromatic N) is 6. The minimum atomic E-state index is 0.584. The third-order valence-corrected chi connectivity index (χ3v) is 11.8. The van der Waals surface area contributed by atoms with Gasteiger partial charge in [0.15, 0.2) is 23.2 Å². The Labute approximate surface area is 361 Å². The summed E-state index contributed by atoms with van der Waals surface area (Å²) in [5.41, 5.74) is 13.0. The van der Waals surface area contributed by atoms with E-state index in [1.54, 1.807) is 0 Å². The Morgan fingerprint density at radius 2 is 0.857 bits per heavy atom. The highest BCUT2D eigenvalue weighted by molar-refractivity contribution is 6.22. The zero-order chi connectivity index (χ0) is 41.9. The van der Waals surface area contributed by atoms with E-state index in [1.165, 1.54) is 0 Å². The largest absolute Gasteiger partial charge is 0.456 e. The molecule has 0 N–H and O–H groups in total. The van der Waals surface area contributed by atoms with Gasteiger partial charge >= 0.3 is 0 Å². The van der Waals surface area contributed by atoms with Crippen molar-refractivity contribution in [2.75, 3.05) is 0 Å². The van der Waals surface area contributed by atoms with E-state index in [9.17, 15) is 0 Å². The summed E-state index contributed by atoms with van der Waals surface area (Å²) in [5.74, 6) is 1.77. The van der Waals surface area contributed by atoms with Crippen molar-refractivity contribution >= 4 is 60.2 Å². The Morgan fingerprint density at radius 1 is 0.349 bits per heavy atom. The molecule has 0 amide bonds. The predicted molar refractivity (Wildman–Crippen MR) is 254 cm³/mol. The number of para-hydroxylation sites is 1. The van der Waals surface area contributed by atoms with Crippen LogP contribution in [0.3, 0.4) is 0 Å². The summed E-state index contributed by atoms with van der Waals surface area (Å²) in [6.45, 7) is 7.44. The number of rotatable bonds is 6. The molecule has 0 radical (unpaired) electrons. The second kappa shape index (κ2) is 14.7. The third-order valence-electron chi connectivity index (χ3n) is 11.8. The van der Waals surface area contributed by atoms with E-state index < -0.39 is 0 Å². The van der Waals surface area contributed by atoms with E-state index in [0.717, 1.165) is 105 Å². The SMILES string of the molecule is [C-]#[N+]c1ccc(-c2cc3c4cccnc4c(-c4cccc(-c5cccc(-c6nc(-c7ccccc7)nc(-c7ccc8oc9ccccc9c8c7)n6)c5)c4)cc3c3cccnc23)cc1. The molecule has 4 aromatic heterocycles. The molecule has 12 rings (SSSR count). The zero-order valence-corrected chi connectivity index (χ0v) is 33.6. The van der Waals surface area contributed by atoms with Gasteiger partial charge in [-0.1, -0.05) is 121 Å². The highest BCUT2D eigenvalue weighted by Crippen LogP contribution is 2.42. The van der Waals surface area contributed by atoms with Crippen LogP contribution in [-0.2, 0) is 0 Å².